The summed E-state index contributed by atoms with van der Waals surface area (Å²) in [6.45, 7) is 3.30. The SMILES string of the molecule is CCNc1cc(C(=O)O)cc(N2CCCC2=O)c1. The summed E-state index contributed by atoms with van der Waals surface area (Å²) in [6, 6.07) is 4.95. The highest BCUT2D eigenvalue weighted by atomic mass is 16.4. The van der Waals surface area contributed by atoms with Crippen LogP contribution in [0.5, 0.6) is 0 Å². The topological polar surface area (TPSA) is 69.6 Å². The van der Waals surface area contributed by atoms with Crippen molar-refractivity contribution in [1.29, 1.82) is 0 Å². The van der Waals surface area contributed by atoms with Gasteiger partial charge in [0.1, 0.15) is 0 Å². The molecule has 96 valence electrons. The molecular formula is C13H16N2O3. The van der Waals surface area contributed by atoms with Gasteiger partial charge in [-0.25, -0.2) is 4.79 Å². The molecule has 1 aromatic rings. The van der Waals surface area contributed by atoms with Gasteiger partial charge in [0.2, 0.25) is 5.91 Å². The molecule has 0 saturated carbocycles. The molecular weight excluding hydrogens is 232 g/mol. The van der Waals surface area contributed by atoms with E-state index in [0.29, 0.717) is 25.2 Å². The molecule has 5 nitrogen and oxygen atoms in total. The second-order valence-electron chi connectivity index (χ2n) is 4.25. The van der Waals surface area contributed by atoms with Gasteiger partial charge in [-0.05, 0) is 31.5 Å². The number of carbonyl (C=O) groups is 2. The van der Waals surface area contributed by atoms with Crippen LogP contribution in [0.3, 0.4) is 0 Å². The zero-order valence-electron chi connectivity index (χ0n) is 10.3. The fraction of sp³-hybridized carbons (Fsp3) is 0.385. The number of benzene rings is 1. The van der Waals surface area contributed by atoms with Crippen LogP contribution in [0.2, 0.25) is 0 Å². The lowest BCUT2D eigenvalue weighted by atomic mass is 10.1. The third-order valence-electron chi connectivity index (χ3n) is 2.93. The number of carboxylic acid groups (broad SMARTS) is 1. The van der Waals surface area contributed by atoms with Gasteiger partial charge in [-0.15, -0.1) is 0 Å². The molecule has 1 amide bonds. The number of nitrogens with zero attached hydrogens (tertiary/aromatic N) is 1. The van der Waals surface area contributed by atoms with Gasteiger partial charge in [-0.1, -0.05) is 0 Å². The Balaban J connectivity index is 2.39. The minimum absolute atomic E-state index is 0.0555. The van der Waals surface area contributed by atoms with Crippen LogP contribution in [0.4, 0.5) is 11.4 Å². The van der Waals surface area contributed by atoms with Gasteiger partial charge >= 0.3 is 5.97 Å². The molecule has 5 heteroatoms. The van der Waals surface area contributed by atoms with E-state index in [1.807, 2.05) is 13.0 Å². The Morgan fingerprint density at radius 1 is 1.44 bits per heavy atom. The molecule has 0 spiro atoms. The van der Waals surface area contributed by atoms with E-state index in [4.69, 9.17) is 5.11 Å². The standard InChI is InChI=1S/C13H16N2O3/c1-2-14-10-6-9(13(17)18)7-11(8-10)15-5-3-4-12(15)16/h6-8,14H,2-5H2,1H3,(H,17,18). The van der Waals surface area contributed by atoms with E-state index < -0.39 is 5.97 Å². The number of anilines is 2. The van der Waals surface area contributed by atoms with Gasteiger partial charge in [0.25, 0.3) is 0 Å². The molecule has 1 saturated heterocycles. The van der Waals surface area contributed by atoms with E-state index >= 15 is 0 Å². The molecule has 18 heavy (non-hydrogen) atoms. The molecule has 0 atom stereocenters. The van der Waals surface area contributed by atoms with E-state index in [0.717, 1.165) is 12.1 Å². The number of amides is 1. The Hall–Kier alpha value is -2.04. The summed E-state index contributed by atoms with van der Waals surface area (Å²) in [5.74, 6) is -0.928. The number of aromatic carboxylic acids is 1. The zero-order chi connectivity index (χ0) is 13.1. The monoisotopic (exact) mass is 248 g/mol. The van der Waals surface area contributed by atoms with E-state index in [-0.39, 0.29) is 11.5 Å². The smallest absolute Gasteiger partial charge is 0.335 e. The number of rotatable bonds is 4. The lowest BCUT2D eigenvalue weighted by molar-refractivity contribution is -0.117. The van der Waals surface area contributed by atoms with Crippen molar-refractivity contribution >= 4 is 23.3 Å². The number of carbonyl (C=O) groups excluding carboxylic acids is 1. The van der Waals surface area contributed by atoms with Gasteiger partial charge in [0, 0.05) is 30.9 Å². The molecule has 1 aliphatic heterocycles. The summed E-state index contributed by atoms with van der Waals surface area (Å²) < 4.78 is 0. The molecule has 1 aromatic carbocycles. The Labute approximate surface area is 105 Å². The lowest BCUT2D eigenvalue weighted by Gasteiger charge is -2.18. The summed E-state index contributed by atoms with van der Waals surface area (Å²) >= 11 is 0. The van der Waals surface area contributed by atoms with Crippen molar-refractivity contribution in [2.45, 2.75) is 19.8 Å². The zero-order valence-corrected chi connectivity index (χ0v) is 10.3. The summed E-state index contributed by atoms with van der Waals surface area (Å²) in [7, 11) is 0. The van der Waals surface area contributed by atoms with Crippen LogP contribution in [0.1, 0.15) is 30.1 Å². The van der Waals surface area contributed by atoms with Crippen molar-refractivity contribution in [3.05, 3.63) is 23.8 Å². The molecule has 1 fully saturated rings. The predicted octanol–water partition coefficient (Wildman–Crippen LogP) is 1.94. The van der Waals surface area contributed by atoms with Gasteiger partial charge in [-0.2, -0.15) is 0 Å². The Kier molecular flexibility index (Phi) is 3.50. The Morgan fingerprint density at radius 3 is 2.78 bits per heavy atom. The maximum Gasteiger partial charge on any atom is 0.335 e. The second-order valence-corrected chi connectivity index (χ2v) is 4.25. The fourth-order valence-electron chi connectivity index (χ4n) is 2.12. The van der Waals surface area contributed by atoms with Gasteiger partial charge in [0.05, 0.1) is 5.56 Å². The van der Waals surface area contributed by atoms with Gasteiger partial charge in [0.15, 0.2) is 0 Å². The van der Waals surface area contributed by atoms with Crippen LogP contribution in [0.25, 0.3) is 0 Å². The highest BCUT2D eigenvalue weighted by molar-refractivity contribution is 5.98. The highest BCUT2D eigenvalue weighted by Gasteiger charge is 2.23. The fourth-order valence-corrected chi connectivity index (χ4v) is 2.12. The summed E-state index contributed by atoms with van der Waals surface area (Å²) in [5, 5.41) is 12.2. The molecule has 0 unspecified atom stereocenters. The van der Waals surface area contributed by atoms with Crippen molar-refractivity contribution in [3.8, 4) is 0 Å². The molecule has 2 N–H and O–H groups in total. The molecule has 0 aliphatic carbocycles. The predicted molar refractivity (Wildman–Crippen MR) is 69.2 cm³/mol. The number of carboxylic acids is 1. The van der Waals surface area contributed by atoms with E-state index in [1.165, 1.54) is 0 Å². The highest BCUT2D eigenvalue weighted by Crippen LogP contribution is 2.26. The normalized spacial score (nSPS) is 14.9. The minimum atomic E-state index is -0.984. The Morgan fingerprint density at radius 2 is 2.22 bits per heavy atom. The first-order valence-electron chi connectivity index (χ1n) is 6.04. The third-order valence-corrected chi connectivity index (χ3v) is 2.93. The van der Waals surface area contributed by atoms with Crippen LogP contribution in [-0.4, -0.2) is 30.1 Å². The van der Waals surface area contributed by atoms with Gasteiger partial charge < -0.3 is 15.3 Å². The number of hydrogen-bond acceptors (Lipinski definition) is 3. The number of nitrogens with one attached hydrogen (secondary N) is 1. The number of hydrogen-bond donors (Lipinski definition) is 2. The van der Waals surface area contributed by atoms with Crippen molar-refractivity contribution < 1.29 is 14.7 Å². The summed E-state index contributed by atoms with van der Waals surface area (Å²) in [4.78, 5) is 24.4. The average Bonchev–Trinajstić information content (AvgIpc) is 2.75. The first kappa shape index (κ1) is 12.4. The Bertz CT molecular complexity index is 485. The van der Waals surface area contributed by atoms with Crippen LogP contribution in [0.15, 0.2) is 18.2 Å². The van der Waals surface area contributed by atoms with Crippen molar-refractivity contribution in [3.63, 3.8) is 0 Å². The van der Waals surface area contributed by atoms with Crippen LogP contribution >= 0.6 is 0 Å². The van der Waals surface area contributed by atoms with Crippen LogP contribution in [-0.2, 0) is 4.79 Å². The summed E-state index contributed by atoms with van der Waals surface area (Å²) in [6.07, 6.45) is 1.36. The average molecular weight is 248 g/mol. The van der Waals surface area contributed by atoms with Crippen LogP contribution in [0, 0.1) is 0 Å². The molecule has 2 rings (SSSR count). The van der Waals surface area contributed by atoms with E-state index in [9.17, 15) is 9.59 Å². The molecule has 1 aliphatic rings. The van der Waals surface area contributed by atoms with Gasteiger partial charge in [-0.3, -0.25) is 4.79 Å². The van der Waals surface area contributed by atoms with Crippen molar-refractivity contribution in [2.75, 3.05) is 23.3 Å². The minimum Gasteiger partial charge on any atom is -0.478 e. The first-order chi connectivity index (χ1) is 8.61. The largest absolute Gasteiger partial charge is 0.478 e. The van der Waals surface area contributed by atoms with E-state index in [1.54, 1.807) is 17.0 Å². The quantitative estimate of drug-likeness (QED) is 0.854. The molecule has 0 radical (unpaired) electrons. The van der Waals surface area contributed by atoms with Crippen molar-refractivity contribution in [2.24, 2.45) is 0 Å². The maximum absolute atomic E-state index is 11.7. The molecule has 1 heterocycles. The third kappa shape index (κ3) is 2.45. The van der Waals surface area contributed by atoms with E-state index in [2.05, 4.69) is 5.32 Å². The summed E-state index contributed by atoms with van der Waals surface area (Å²) in [5.41, 5.74) is 1.59. The molecule has 0 bridgehead atoms. The van der Waals surface area contributed by atoms with Crippen LogP contribution < -0.4 is 10.2 Å². The second kappa shape index (κ2) is 5.08. The first-order valence-corrected chi connectivity index (χ1v) is 6.04. The lowest BCUT2D eigenvalue weighted by Crippen LogP contribution is -2.24. The van der Waals surface area contributed by atoms with Crippen molar-refractivity contribution in [1.82, 2.24) is 0 Å². The molecule has 0 aromatic heterocycles. The maximum atomic E-state index is 11.7.